The van der Waals surface area contributed by atoms with Crippen LogP contribution in [0.2, 0.25) is 0 Å². The molecule has 1 aliphatic rings. The lowest BCUT2D eigenvalue weighted by atomic mass is 9.98. The van der Waals surface area contributed by atoms with E-state index in [2.05, 4.69) is 5.32 Å². The molecule has 5 atom stereocenters. The zero-order valence-corrected chi connectivity index (χ0v) is 22.2. The topological polar surface area (TPSA) is 162 Å². The average Bonchev–Trinajstić information content (AvgIpc) is 2.86. The molecule has 13 nitrogen and oxygen atoms in total. The zero-order valence-electron chi connectivity index (χ0n) is 22.2. The molecule has 13 heteroatoms. The number of hydrogen-bond acceptors (Lipinski definition) is 12. The molecular weight excluding hydrogens is 518 g/mol. The summed E-state index contributed by atoms with van der Waals surface area (Å²) in [5, 5.41) is 2.55. The summed E-state index contributed by atoms with van der Waals surface area (Å²) >= 11 is 0. The van der Waals surface area contributed by atoms with Crippen LogP contribution in [0.25, 0.3) is 0 Å². The maximum absolute atomic E-state index is 11.8. The molecule has 0 unspecified atom stereocenters. The van der Waals surface area contributed by atoms with Crippen LogP contribution >= 0.6 is 0 Å². The molecule has 1 fully saturated rings. The first-order valence-electron chi connectivity index (χ1n) is 12.1. The lowest BCUT2D eigenvalue weighted by molar-refractivity contribution is -0.305. The van der Waals surface area contributed by atoms with Crippen molar-refractivity contribution in [2.75, 3.05) is 19.8 Å². The highest BCUT2D eigenvalue weighted by Crippen LogP contribution is 2.30. The van der Waals surface area contributed by atoms with E-state index in [0.29, 0.717) is 0 Å². The first kappa shape index (κ1) is 31.2. The second-order valence-electron chi connectivity index (χ2n) is 8.32. The Balaban J connectivity index is 2.02. The monoisotopic (exact) mass is 551 g/mol. The SMILES string of the molecule is CC(=O)OC[C@H]1O[C@H](OC/C=C\CNC(=O)OCc2ccccc2)[C@H](OC(C)=O)[C@@H](OC(C)=O)[C@@H]1OC(C)=O. The van der Waals surface area contributed by atoms with Crippen molar-refractivity contribution in [2.24, 2.45) is 0 Å². The van der Waals surface area contributed by atoms with Crippen LogP contribution in [-0.2, 0) is 58.9 Å². The Kier molecular flexibility index (Phi) is 12.9. The molecule has 1 saturated heterocycles. The number of hydrogen-bond donors (Lipinski definition) is 1. The van der Waals surface area contributed by atoms with E-state index in [1.165, 1.54) is 6.92 Å². The number of nitrogens with one attached hydrogen (secondary N) is 1. The zero-order chi connectivity index (χ0) is 28.8. The summed E-state index contributed by atoms with van der Waals surface area (Å²) in [4.78, 5) is 58.6. The van der Waals surface area contributed by atoms with Crippen molar-refractivity contribution >= 4 is 30.0 Å². The van der Waals surface area contributed by atoms with Gasteiger partial charge in [0.25, 0.3) is 0 Å². The van der Waals surface area contributed by atoms with Crippen molar-refractivity contribution < 1.29 is 57.1 Å². The summed E-state index contributed by atoms with van der Waals surface area (Å²) in [6, 6.07) is 9.20. The van der Waals surface area contributed by atoms with Crippen LogP contribution in [0.4, 0.5) is 4.79 Å². The van der Waals surface area contributed by atoms with Crippen LogP contribution in [0, 0.1) is 0 Å². The van der Waals surface area contributed by atoms with Crippen LogP contribution in [0.1, 0.15) is 33.3 Å². The minimum Gasteiger partial charge on any atom is -0.463 e. The minimum absolute atomic E-state index is 0.0749. The van der Waals surface area contributed by atoms with Crippen LogP contribution in [0.15, 0.2) is 42.5 Å². The van der Waals surface area contributed by atoms with E-state index < -0.39 is 60.7 Å². The second kappa shape index (κ2) is 16.1. The average molecular weight is 552 g/mol. The van der Waals surface area contributed by atoms with Gasteiger partial charge in [0.15, 0.2) is 24.6 Å². The highest BCUT2D eigenvalue weighted by molar-refractivity contribution is 5.69. The Bertz CT molecular complexity index is 1010. The molecule has 0 radical (unpaired) electrons. The molecule has 1 amide bonds. The van der Waals surface area contributed by atoms with Gasteiger partial charge in [-0.15, -0.1) is 0 Å². The van der Waals surface area contributed by atoms with Crippen molar-refractivity contribution in [1.29, 1.82) is 0 Å². The number of alkyl carbamates (subject to hydrolysis) is 1. The standard InChI is InChI=1S/C26H33NO12/c1-16(28)34-15-21-22(36-17(2)29)23(37-18(3)30)24(38-19(4)31)25(39-21)33-13-9-8-12-27-26(32)35-14-20-10-6-5-7-11-20/h5-11,21-25H,12-15H2,1-4H3,(H,27,32)/b9-8-/t21-,22-,23+,24-,25+/m1/s1. The van der Waals surface area contributed by atoms with E-state index in [4.69, 9.17) is 33.2 Å². The third-order valence-electron chi connectivity index (χ3n) is 5.05. The van der Waals surface area contributed by atoms with Gasteiger partial charge in [0.1, 0.15) is 19.3 Å². The van der Waals surface area contributed by atoms with E-state index in [0.717, 1.165) is 26.3 Å². The Morgan fingerprint density at radius 3 is 2.03 bits per heavy atom. The fourth-order valence-electron chi connectivity index (χ4n) is 3.54. The predicted molar refractivity (Wildman–Crippen MR) is 132 cm³/mol. The van der Waals surface area contributed by atoms with Gasteiger partial charge in [-0.3, -0.25) is 19.2 Å². The number of ether oxygens (including phenoxy) is 7. The van der Waals surface area contributed by atoms with Gasteiger partial charge < -0.3 is 38.5 Å². The summed E-state index contributed by atoms with van der Waals surface area (Å²) in [7, 11) is 0. The molecule has 1 N–H and O–H groups in total. The van der Waals surface area contributed by atoms with Crippen LogP contribution in [0.5, 0.6) is 0 Å². The van der Waals surface area contributed by atoms with E-state index in [-0.39, 0.29) is 26.4 Å². The summed E-state index contributed by atoms with van der Waals surface area (Å²) in [6.45, 7) is 4.40. The van der Waals surface area contributed by atoms with Gasteiger partial charge in [-0.1, -0.05) is 42.5 Å². The van der Waals surface area contributed by atoms with E-state index in [9.17, 15) is 24.0 Å². The predicted octanol–water partition coefficient (Wildman–Crippen LogP) is 1.57. The van der Waals surface area contributed by atoms with E-state index in [1.807, 2.05) is 30.3 Å². The third kappa shape index (κ3) is 11.5. The number of benzene rings is 1. The van der Waals surface area contributed by atoms with Gasteiger partial charge in [0.05, 0.1) is 6.61 Å². The fourth-order valence-corrected chi connectivity index (χ4v) is 3.54. The van der Waals surface area contributed by atoms with Crippen molar-refractivity contribution in [3.63, 3.8) is 0 Å². The molecule has 39 heavy (non-hydrogen) atoms. The highest BCUT2D eigenvalue weighted by atomic mass is 16.7. The number of esters is 4. The third-order valence-corrected chi connectivity index (χ3v) is 5.05. The molecule has 2 rings (SSSR count). The number of carbonyl (C=O) groups is 5. The van der Waals surface area contributed by atoms with Gasteiger partial charge in [-0.25, -0.2) is 4.79 Å². The summed E-state index contributed by atoms with van der Waals surface area (Å²) in [6.07, 6.45) is -3.76. The van der Waals surface area contributed by atoms with E-state index in [1.54, 1.807) is 12.2 Å². The molecule has 0 aromatic heterocycles. The van der Waals surface area contributed by atoms with Crippen LogP contribution in [-0.4, -0.2) is 80.4 Å². The quantitative estimate of drug-likeness (QED) is 0.227. The van der Waals surface area contributed by atoms with Crippen molar-refractivity contribution in [2.45, 2.75) is 65.0 Å². The normalized spacial score (nSPS) is 22.4. The lowest BCUT2D eigenvalue weighted by Crippen LogP contribution is -2.62. The molecule has 1 aliphatic heterocycles. The molecule has 1 aromatic rings. The first-order valence-corrected chi connectivity index (χ1v) is 12.1. The Morgan fingerprint density at radius 1 is 0.795 bits per heavy atom. The smallest absolute Gasteiger partial charge is 0.407 e. The first-order chi connectivity index (χ1) is 18.6. The second-order valence-corrected chi connectivity index (χ2v) is 8.32. The summed E-state index contributed by atoms with van der Waals surface area (Å²) < 4.78 is 37.6. The molecule has 0 spiro atoms. The number of amides is 1. The largest absolute Gasteiger partial charge is 0.463 e. The summed E-state index contributed by atoms with van der Waals surface area (Å²) in [5.74, 6) is -2.83. The Hall–Kier alpha value is -3.97. The molecule has 214 valence electrons. The van der Waals surface area contributed by atoms with Crippen LogP contribution in [0.3, 0.4) is 0 Å². The lowest BCUT2D eigenvalue weighted by Gasteiger charge is -2.43. The molecular formula is C26H33NO12. The number of rotatable bonds is 12. The van der Waals surface area contributed by atoms with Gasteiger partial charge in [0.2, 0.25) is 0 Å². The maximum atomic E-state index is 11.8. The fraction of sp³-hybridized carbons (Fsp3) is 0.500. The van der Waals surface area contributed by atoms with E-state index >= 15 is 0 Å². The van der Waals surface area contributed by atoms with Gasteiger partial charge in [-0.2, -0.15) is 0 Å². The Labute approximate surface area is 225 Å². The maximum Gasteiger partial charge on any atom is 0.407 e. The molecule has 0 aliphatic carbocycles. The highest BCUT2D eigenvalue weighted by Gasteiger charge is 2.52. The summed E-state index contributed by atoms with van der Waals surface area (Å²) in [5.41, 5.74) is 0.849. The van der Waals surface area contributed by atoms with Crippen molar-refractivity contribution in [1.82, 2.24) is 5.32 Å². The Morgan fingerprint density at radius 2 is 1.41 bits per heavy atom. The van der Waals surface area contributed by atoms with Crippen molar-refractivity contribution in [3.8, 4) is 0 Å². The molecule has 1 heterocycles. The minimum atomic E-state index is -1.32. The van der Waals surface area contributed by atoms with Crippen LogP contribution < -0.4 is 5.32 Å². The molecule has 1 aromatic carbocycles. The molecule has 0 saturated carbocycles. The van der Waals surface area contributed by atoms with Gasteiger partial charge in [-0.05, 0) is 5.56 Å². The van der Waals surface area contributed by atoms with Gasteiger partial charge >= 0.3 is 30.0 Å². The van der Waals surface area contributed by atoms with Gasteiger partial charge in [0, 0.05) is 34.2 Å². The number of carbonyl (C=O) groups excluding carboxylic acids is 5. The van der Waals surface area contributed by atoms with Crippen molar-refractivity contribution in [3.05, 3.63) is 48.0 Å². The molecule has 0 bridgehead atoms.